The molecule has 0 saturated heterocycles. The highest BCUT2D eigenvalue weighted by atomic mass is 16.5. The molecule has 0 unspecified atom stereocenters. The zero-order valence-electron chi connectivity index (χ0n) is 16.6. The maximum absolute atomic E-state index is 12.0. The standard InChI is InChI=1S/C23H27N3O2/c1-16-12-17(2)14-19(13-16)28-11-5-10-26-21-7-4-3-6-20(21)25-22(26)15-24-23(27)18-8-9-18/h3-4,6-7,12-14,18H,5,8-11,15H2,1-2H3,(H,24,27). The van der Waals surface area contributed by atoms with Crippen LogP contribution in [0.15, 0.2) is 42.5 Å². The summed E-state index contributed by atoms with van der Waals surface area (Å²) in [4.78, 5) is 16.7. The highest BCUT2D eigenvalue weighted by Gasteiger charge is 2.29. The van der Waals surface area contributed by atoms with E-state index in [2.05, 4.69) is 48.0 Å². The number of amides is 1. The Kier molecular flexibility index (Phi) is 5.33. The molecule has 1 amide bonds. The van der Waals surface area contributed by atoms with Crippen LogP contribution < -0.4 is 10.1 Å². The van der Waals surface area contributed by atoms with E-state index in [9.17, 15) is 4.79 Å². The molecule has 5 heteroatoms. The summed E-state index contributed by atoms with van der Waals surface area (Å²) in [6.45, 7) is 6.09. The van der Waals surface area contributed by atoms with Gasteiger partial charge in [0.05, 0.1) is 24.2 Å². The third-order valence-electron chi connectivity index (χ3n) is 5.09. The van der Waals surface area contributed by atoms with Crippen molar-refractivity contribution in [3.63, 3.8) is 0 Å². The number of carbonyl (C=O) groups is 1. The van der Waals surface area contributed by atoms with Gasteiger partial charge in [-0.2, -0.15) is 0 Å². The molecule has 0 bridgehead atoms. The summed E-state index contributed by atoms with van der Waals surface area (Å²) in [6, 6.07) is 14.4. The van der Waals surface area contributed by atoms with Crippen LogP contribution in [-0.2, 0) is 17.9 Å². The van der Waals surface area contributed by atoms with Crippen LogP contribution in [0.4, 0.5) is 0 Å². The van der Waals surface area contributed by atoms with Gasteiger partial charge < -0.3 is 14.6 Å². The van der Waals surface area contributed by atoms with Crippen LogP contribution in [-0.4, -0.2) is 22.1 Å². The van der Waals surface area contributed by atoms with Crippen LogP contribution in [0.2, 0.25) is 0 Å². The average molecular weight is 377 g/mol. The third kappa shape index (κ3) is 4.35. The minimum Gasteiger partial charge on any atom is -0.494 e. The van der Waals surface area contributed by atoms with E-state index in [1.165, 1.54) is 11.1 Å². The number of benzene rings is 2. The van der Waals surface area contributed by atoms with Crippen LogP contribution in [0.25, 0.3) is 11.0 Å². The molecule has 1 fully saturated rings. The molecule has 1 N–H and O–H groups in total. The maximum Gasteiger partial charge on any atom is 0.223 e. The molecular formula is C23H27N3O2. The van der Waals surface area contributed by atoms with E-state index < -0.39 is 0 Å². The van der Waals surface area contributed by atoms with Crippen molar-refractivity contribution in [1.82, 2.24) is 14.9 Å². The van der Waals surface area contributed by atoms with Crippen molar-refractivity contribution in [2.75, 3.05) is 6.61 Å². The molecule has 5 nitrogen and oxygen atoms in total. The Morgan fingerprint density at radius 1 is 1.18 bits per heavy atom. The van der Waals surface area contributed by atoms with E-state index in [4.69, 9.17) is 9.72 Å². The van der Waals surface area contributed by atoms with Gasteiger partial charge in [0.2, 0.25) is 5.91 Å². The van der Waals surface area contributed by atoms with Gasteiger partial charge in [0.1, 0.15) is 11.6 Å². The first-order valence-corrected chi connectivity index (χ1v) is 10.0. The fraction of sp³-hybridized carbons (Fsp3) is 0.391. The number of imidazole rings is 1. The number of aryl methyl sites for hydroxylation is 3. The molecule has 28 heavy (non-hydrogen) atoms. The Labute approximate surface area is 165 Å². The molecule has 0 radical (unpaired) electrons. The summed E-state index contributed by atoms with van der Waals surface area (Å²) < 4.78 is 8.15. The Morgan fingerprint density at radius 3 is 2.68 bits per heavy atom. The molecule has 3 aromatic rings. The number of carbonyl (C=O) groups excluding carboxylic acids is 1. The molecule has 2 aromatic carbocycles. The van der Waals surface area contributed by atoms with Crippen molar-refractivity contribution in [1.29, 1.82) is 0 Å². The Morgan fingerprint density at radius 2 is 1.93 bits per heavy atom. The zero-order valence-corrected chi connectivity index (χ0v) is 16.6. The lowest BCUT2D eigenvalue weighted by Crippen LogP contribution is -2.26. The molecular weight excluding hydrogens is 350 g/mol. The van der Waals surface area contributed by atoms with Crippen LogP contribution in [0.3, 0.4) is 0 Å². The normalized spacial score (nSPS) is 13.6. The maximum atomic E-state index is 12.0. The topological polar surface area (TPSA) is 56.1 Å². The number of nitrogens with zero attached hydrogens (tertiary/aromatic N) is 2. The van der Waals surface area contributed by atoms with Crippen LogP contribution in [0.5, 0.6) is 5.75 Å². The Hall–Kier alpha value is -2.82. The number of nitrogens with one attached hydrogen (secondary N) is 1. The van der Waals surface area contributed by atoms with E-state index in [0.29, 0.717) is 13.2 Å². The predicted molar refractivity (Wildman–Crippen MR) is 110 cm³/mol. The lowest BCUT2D eigenvalue weighted by atomic mass is 10.1. The van der Waals surface area contributed by atoms with Crippen molar-refractivity contribution in [2.24, 2.45) is 5.92 Å². The molecule has 0 spiro atoms. The van der Waals surface area contributed by atoms with Gasteiger partial charge in [0.25, 0.3) is 0 Å². The van der Waals surface area contributed by atoms with Gasteiger partial charge in [0.15, 0.2) is 0 Å². The van der Waals surface area contributed by atoms with Gasteiger partial charge in [-0.1, -0.05) is 18.2 Å². The number of hydrogen-bond acceptors (Lipinski definition) is 3. The van der Waals surface area contributed by atoms with E-state index in [-0.39, 0.29) is 11.8 Å². The first-order valence-electron chi connectivity index (χ1n) is 10.0. The van der Waals surface area contributed by atoms with E-state index in [1.807, 2.05) is 18.2 Å². The van der Waals surface area contributed by atoms with Gasteiger partial charge in [-0.15, -0.1) is 0 Å². The number of rotatable bonds is 8. The summed E-state index contributed by atoms with van der Waals surface area (Å²) in [5.41, 5.74) is 4.49. The van der Waals surface area contributed by atoms with Crippen LogP contribution >= 0.6 is 0 Å². The fourth-order valence-electron chi connectivity index (χ4n) is 3.59. The van der Waals surface area contributed by atoms with Gasteiger partial charge in [-0.3, -0.25) is 4.79 Å². The first kappa shape index (κ1) is 18.5. The van der Waals surface area contributed by atoms with Crippen molar-refractivity contribution in [3.8, 4) is 5.75 Å². The quantitative estimate of drug-likeness (QED) is 0.600. The Bertz CT molecular complexity index is 968. The third-order valence-corrected chi connectivity index (χ3v) is 5.09. The molecule has 1 saturated carbocycles. The van der Waals surface area contributed by atoms with Crippen LogP contribution in [0.1, 0.15) is 36.2 Å². The number of aromatic nitrogens is 2. The second-order valence-electron chi connectivity index (χ2n) is 7.69. The average Bonchev–Trinajstić information content (AvgIpc) is 3.45. The number of hydrogen-bond donors (Lipinski definition) is 1. The molecule has 146 valence electrons. The smallest absolute Gasteiger partial charge is 0.223 e. The molecule has 0 atom stereocenters. The minimum absolute atomic E-state index is 0.150. The molecule has 1 aromatic heterocycles. The molecule has 0 aliphatic heterocycles. The lowest BCUT2D eigenvalue weighted by molar-refractivity contribution is -0.122. The largest absolute Gasteiger partial charge is 0.494 e. The molecule has 1 aliphatic carbocycles. The Balaban J connectivity index is 1.41. The first-order chi connectivity index (χ1) is 13.6. The van der Waals surface area contributed by atoms with Crippen molar-refractivity contribution in [2.45, 2.75) is 46.2 Å². The number of fused-ring (bicyclic) bond motifs is 1. The monoisotopic (exact) mass is 377 g/mol. The van der Waals surface area contributed by atoms with E-state index in [1.54, 1.807) is 0 Å². The van der Waals surface area contributed by atoms with Gasteiger partial charge >= 0.3 is 0 Å². The summed E-state index contributed by atoms with van der Waals surface area (Å²) >= 11 is 0. The van der Waals surface area contributed by atoms with Crippen molar-refractivity contribution >= 4 is 16.9 Å². The second-order valence-corrected chi connectivity index (χ2v) is 7.69. The van der Waals surface area contributed by atoms with E-state index in [0.717, 1.165) is 48.4 Å². The summed E-state index contributed by atoms with van der Waals surface area (Å²) in [6.07, 6.45) is 2.90. The van der Waals surface area contributed by atoms with E-state index >= 15 is 0 Å². The summed E-state index contributed by atoms with van der Waals surface area (Å²) in [7, 11) is 0. The van der Waals surface area contributed by atoms with Gasteiger partial charge in [0, 0.05) is 12.5 Å². The second kappa shape index (κ2) is 8.05. The lowest BCUT2D eigenvalue weighted by Gasteiger charge is -2.12. The van der Waals surface area contributed by atoms with Crippen molar-refractivity contribution < 1.29 is 9.53 Å². The van der Waals surface area contributed by atoms with Crippen molar-refractivity contribution in [3.05, 3.63) is 59.4 Å². The molecule has 1 heterocycles. The molecule has 1 aliphatic rings. The minimum atomic E-state index is 0.150. The number of para-hydroxylation sites is 2. The highest BCUT2D eigenvalue weighted by molar-refractivity contribution is 5.81. The predicted octanol–water partition coefficient (Wildman–Crippen LogP) is 4.15. The van der Waals surface area contributed by atoms with Gasteiger partial charge in [-0.05, 0) is 68.5 Å². The SMILES string of the molecule is Cc1cc(C)cc(OCCCn2c(CNC(=O)C3CC3)nc3ccccc32)c1. The van der Waals surface area contributed by atoms with Crippen LogP contribution in [0, 0.1) is 19.8 Å². The fourth-order valence-corrected chi connectivity index (χ4v) is 3.59. The van der Waals surface area contributed by atoms with Gasteiger partial charge in [-0.25, -0.2) is 4.98 Å². The highest BCUT2D eigenvalue weighted by Crippen LogP contribution is 2.29. The zero-order chi connectivity index (χ0) is 19.5. The number of ether oxygens (including phenoxy) is 1. The summed E-state index contributed by atoms with van der Waals surface area (Å²) in [5.74, 6) is 2.19. The molecule has 4 rings (SSSR count). The summed E-state index contributed by atoms with van der Waals surface area (Å²) in [5, 5.41) is 3.04.